The minimum atomic E-state index is -0.603. The van der Waals surface area contributed by atoms with Gasteiger partial charge in [0.05, 0.1) is 28.5 Å². The summed E-state index contributed by atoms with van der Waals surface area (Å²) in [5.41, 5.74) is 3.65. The fraction of sp³-hybridized carbons (Fsp3) is 0.269. The maximum absolute atomic E-state index is 13.6. The lowest BCUT2D eigenvalue weighted by atomic mass is 9.93. The van der Waals surface area contributed by atoms with Crippen molar-refractivity contribution in [1.29, 1.82) is 0 Å². The molecule has 1 aliphatic rings. The van der Waals surface area contributed by atoms with Crippen molar-refractivity contribution < 1.29 is 9.53 Å². The summed E-state index contributed by atoms with van der Waals surface area (Å²) in [6.07, 6.45) is 1.82. The molecule has 0 fully saturated rings. The number of halogens is 1. The van der Waals surface area contributed by atoms with E-state index in [-0.39, 0.29) is 12.2 Å². The van der Waals surface area contributed by atoms with Crippen LogP contribution < -0.4 is 14.9 Å². The third kappa shape index (κ3) is 4.59. The lowest BCUT2D eigenvalue weighted by Crippen LogP contribution is -2.39. The molecule has 0 bridgehead atoms. The smallest absolute Gasteiger partial charge is 0.338 e. The van der Waals surface area contributed by atoms with Crippen LogP contribution in [0, 0.1) is 0 Å². The SMILES string of the molecule is CCOC(=O)C1=C(C)N=c2sc(=Cc3ccc(Cl)cc3)c(=O)n2[C@H]1c1ccc(C(C)C)cc1. The maximum atomic E-state index is 13.6. The highest BCUT2D eigenvalue weighted by Gasteiger charge is 2.33. The van der Waals surface area contributed by atoms with Crippen molar-refractivity contribution >= 4 is 35.0 Å². The van der Waals surface area contributed by atoms with Gasteiger partial charge < -0.3 is 4.74 Å². The Labute approximate surface area is 201 Å². The van der Waals surface area contributed by atoms with E-state index < -0.39 is 12.0 Å². The van der Waals surface area contributed by atoms with E-state index in [1.807, 2.05) is 42.5 Å². The fourth-order valence-electron chi connectivity index (χ4n) is 3.88. The highest BCUT2D eigenvalue weighted by atomic mass is 35.5. The molecule has 1 aromatic heterocycles. The van der Waals surface area contributed by atoms with Gasteiger partial charge in [-0.05, 0) is 54.7 Å². The van der Waals surface area contributed by atoms with Gasteiger partial charge in [-0.2, -0.15) is 0 Å². The predicted octanol–water partition coefficient (Wildman–Crippen LogP) is 4.58. The number of hydrogen-bond donors (Lipinski definition) is 0. The second kappa shape index (κ2) is 9.49. The lowest BCUT2D eigenvalue weighted by Gasteiger charge is -2.25. The van der Waals surface area contributed by atoms with E-state index in [4.69, 9.17) is 16.3 Å². The molecular weight excluding hydrogens is 456 g/mol. The number of ether oxygens (including phenoxy) is 1. The number of hydrogen-bond acceptors (Lipinski definition) is 5. The summed E-state index contributed by atoms with van der Waals surface area (Å²) < 4.78 is 7.49. The second-order valence-corrected chi connectivity index (χ2v) is 9.62. The van der Waals surface area contributed by atoms with Crippen LogP contribution in [-0.4, -0.2) is 17.1 Å². The molecule has 0 radical (unpaired) electrons. The van der Waals surface area contributed by atoms with E-state index in [0.29, 0.717) is 31.5 Å². The first kappa shape index (κ1) is 23.2. The molecule has 7 heteroatoms. The summed E-state index contributed by atoms with van der Waals surface area (Å²) in [6.45, 7) is 8.06. The van der Waals surface area contributed by atoms with Crippen molar-refractivity contribution in [2.75, 3.05) is 6.61 Å². The zero-order chi connectivity index (χ0) is 23.7. The van der Waals surface area contributed by atoms with Crippen molar-refractivity contribution in [3.05, 3.63) is 101 Å². The number of esters is 1. The molecule has 170 valence electrons. The number of benzene rings is 2. The zero-order valence-corrected chi connectivity index (χ0v) is 20.5. The molecular formula is C26H25ClN2O3S. The van der Waals surface area contributed by atoms with Gasteiger partial charge in [0, 0.05) is 5.02 Å². The molecule has 1 atom stereocenters. The first-order chi connectivity index (χ1) is 15.8. The first-order valence-electron chi connectivity index (χ1n) is 10.8. The van der Waals surface area contributed by atoms with Gasteiger partial charge in [0.25, 0.3) is 5.56 Å². The van der Waals surface area contributed by atoms with E-state index >= 15 is 0 Å². The average Bonchev–Trinajstić information content (AvgIpc) is 3.09. The van der Waals surface area contributed by atoms with Crippen LogP contribution >= 0.6 is 22.9 Å². The zero-order valence-electron chi connectivity index (χ0n) is 19.0. The topological polar surface area (TPSA) is 60.7 Å². The van der Waals surface area contributed by atoms with E-state index in [1.165, 1.54) is 16.9 Å². The molecule has 0 amide bonds. The van der Waals surface area contributed by atoms with Crippen LogP contribution in [0.2, 0.25) is 5.02 Å². The quantitative estimate of drug-likeness (QED) is 0.502. The van der Waals surface area contributed by atoms with Crippen LogP contribution in [0.25, 0.3) is 6.08 Å². The third-order valence-electron chi connectivity index (χ3n) is 5.60. The number of aromatic nitrogens is 1. The molecule has 33 heavy (non-hydrogen) atoms. The molecule has 0 N–H and O–H groups in total. The predicted molar refractivity (Wildman–Crippen MR) is 132 cm³/mol. The number of carbonyl (C=O) groups excluding carboxylic acids is 1. The summed E-state index contributed by atoms with van der Waals surface area (Å²) in [7, 11) is 0. The van der Waals surface area contributed by atoms with Crippen molar-refractivity contribution in [3.8, 4) is 0 Å². The van der Waals surface area contributed by atoms with Crippen molar-refractivity contribution in [3.63, 3.8) is 0 Å². The largest absolute Gasteiger partial charge is 0.463 e. The Hall–Kier alpha value is -2.96. The van der Waals surface area contributed by atoms with Crippen LogP contribution in [0.1, 0.15) is 56.3 Å². The Morgan fingerprint density at radius 2 is 1.85 bits per heavy atom. The molecule has 0 spiro atoms. The standard InChI is InChI=1S/C26H25ClN2O3S/c1-5-32-25(31)22-16(4)28-26-29(23(22)19-10-8-18(9-11-19)15(2)3)24(30)21(33-26)14-17-6-12-20(27)13-7-17/h6-15,23H,5H2,1-4H3/t23-/m0/s1. The number of rotatable bonds is 5. The van der Waals surface area contributed by atoms with Crippen molar-refractivity contribution in [1.82, 2.24) is 4.57 Å². The summed E-state index contributed by atoms with van der Waals surface area (Å²) in [5, 5.41) is 0.633. The normalized spacial score (nSPS) is 16.1. The lowest BCUT2D eigenvalue weighted by molar-refractivity contribution is -0.139. The maximum Gasteiger partial charge on any atom is 0.338 e. The molecule has 4 rings (SSSR count). The van der Waals surface area contributed by atoms with Gasteiger partial charge in [0.15, 0.2) is 4.80 Å². The molecule has 2 aromatic carbocycles. The number of nitrogens with zero attached hydrogens (tertiary/aromatic N) is 2. The van der Waals surface area contributed by atoms with Gasteiger partial charge in [-0.1, -0.05) is 73.2 Å². The molecule has 5 nitrogen and oxygen atoms in total. The number of fused-ring (bicyclic) bond motifs is 1. The average molecular weight is 481 g/mol. The van der Waals surface area contributed by atoms with E-state index in [9.17, 15) is 9.59 Å². The Morgan fingerprint density at radius 1 is 1.18 bits per heavy atom. The molecule has 0 unspecified atom stereocenters. The number of carbonyl (C=O) groups is 1. The Kier molecular flexibility index (Phi) is 6.68. The van der Waals surface area contributed by atoms with Crippen LogP contribution in [0.15, 0.2) is 69.6 Å². The highest BCUT2D eigenvalue weighted by molar-refractivity contribution is 7.07. The van der Waals surface area contributed by atoms with Gasteiger partial charge >= 0.3 is 5.97 Å². The summed E-state index contributed by atoms with van der Waals surface area (Å²) >= 11 is 7.30. The molecule has 2 heterocycles. The van der Waals surface area contributed by atoms with E-state index in [0.717, 1.165) is 11.1 Å². The van der Waals surface area contributed by atoms with Crippen LogP contribution in [0.5, 0.6) is 0 Å². The summed E-state index contributed by atoms with van der Waals surface area (Å²) in [5.74, 6) is -0.0779. The highest BCUT2D eigenvalue weighted by Crippen LogP contribution is 2.31. The second-order valence-electron chi connectivity index (χ2n) is 8.18. The van der Waals surface area contributed by atoms with Crippen LogP contribution in [0.4, 0.5) is 0 Å². The summed E-state index contributed by atoms with van der Waals surface area (Å²) in [6, 6.07) is 14.7. The molecule has 0 saturated heterocycles. The van der Waals surface area contributed by atoms with Gasteiger partial charge in [-0.25, -0.2) is 9.79 Å². The van der Waals surface area contributed by atoms with Crippen LogP contribution in [-0.2, 0) is 9.53 Å². The molecule has 1 aliphatic heterocycles. The van der Waals surface area contributed by atoms with Crippen molar-refractivity contribution in [2.24, 2.45) is 4.99 Å². The van der Waals surface area contributed by atoms with Gasteiger partial charge in [0.1, 0.15) is 0 Å². The molecule has 0 saturated carbocycles. The van der Waals surface area contributed by atoms with Crippen LogP contribution in [0.3, 0.4) is 0 Å². The monoisotopic (exact) mass is 480 g/mol. The Bertz CT molecular complexity index is 1400. The number of thiazole rings is 1. The summed E-state index contributed by atoms with van der Waals surface area (Å²) in [4.78, 5) is 31.7. The van der Waals surface area contributed by atoms with Gasteiger partial charge in [0.2, 0.25) is 0 Å². The number of allylic oxidation sites excluding steroid dienone is 1. The minimum Gasteiger partial charge on any atom is -0.463 e. The Morgan fingerprint density at radius 3 is 2.45 bits per heavy atom. The Balaban J connectivity index is 1.92. The van der Waals surface area contributed by atoms with Gasteiger partial charge in [-0.15, -0.1) is 0 Å². The third-order valence-corrected chi connectivity index (χ3v) is 6.84. The first-order valence-corrected chi connectivity index (χ1v) is 12.0. The van der Waals surface area contributed by atoms with E-state index in [2.05, 4.69) is 18.8 Å². The van der Waals surface area contributed by atoms with Crippen molar-refractivity contribution in [2.45, 2.75) is 39.7 Å². The minimum absolute atomic E-state index is 0.194. The fourth-order valence-corrected chi connectivity index (χ4v) is 5.05. The van der Waals surface area contributed by atoms with E-state index in [1.54, 1.807) is 30.5 Å². The molecule has 3 aromatic rings. The molecule has 0 aliphatic carbocycles. The van der Waals surface area contributed by atoms with Gasteiger partial charge in [-0.3, -0.25) is 9.36 Å².